The number of aromatic carboxylic acids is 1. The summed E-state index contributed by atoms with van der Waals surface area (Å²) in [6.45, 7) is 0.161. The van der Waals surface area contributed by atoms with E-state index in [9.17, 15) is 14.7 Å². The number of nitrogens with zero attached hydrogens (tertiary/aromatic N) is 2. The van der Waals surface area contributed by atoms with Gasteiger partial charge < -0.3 is 14.6 Å². The number of hydrogen-bond donors (Lipinski definition) is 1. The largest absolute Gasteiger partial charge is 0.477 e. The number of fused-ring (bicyclic) bond motifs is 1. The summed E-state index contributed by atoms with van der Waals surface area (Å²) in [5.74, 6) is -0.611. The first-order chi connectivity index (χ1) is 14.4. The lowest BCUT2D eigenvalue weighted by Gasteiger charge is -2.24. The molecule has 2 aromatic heterocycles. The fourth-order valence-electron chi connectivity index (χ4n) is 4.41. The van der Waals surface area contributed by atoms with E-state index in [0.717, 1.165) is 34.3 Å². The van der Waals surface area contributed by atoms with Gasteiger partial charge in [-0.1, -0.05) is 43.0 Å². The summed E-state index contributed by atoms with van der Waals surface area (Å²) in [5.41, 5.74) is 3.96. The molecule has 0 unspecified atom stereocenters. The number of carboxylic acids is 1. The van der Waals surface area contributed by atoms with E-state index in [1.54, 1.807) is 25.1 Å². The Morgan fingerprint density at radius 1 is 1.20 bits per heavy atom. The SMILES string of the molecule is CN(C)C(=O)Cn1c(-c2cccc(Cl)c2)c(C2CCCCC2)c2sc(C(=O)O)cc21. The topological polar surface area (TPSA) is 62.5 Å². The highest BCUT2D eigenvalue weighted by Gasteiger charge is 2.29. The third kappa shape index (κ3) is 3.86. The van der Waals surface area contributed by atoms with Crippen LogP contribution in [-0.2, 0) is 11.3 Å². The van der Waals surface area contributed by atoms with Gasteiger partial charge in [-0.25, -0.2) is 4.79 Å². The quantitative estimate of drug-likeness (QED) is 0.536. The molecule has 1 saturated carbocycles. The van der Waals surface area contributed by atoms with E-state index in [4.69, 9.17) is 11.6 Å². The summed E-state index contributed by atoms with van der Waals surface area (Å²) in [4.78, 5) is 26.3. The molecule has 30 heavy (non-hydrogen) atoms. The van der Waals surface area contributed by atoms with Crippen molar-refractivity contribution in [3.8, 4) is 11.3 Å². The summed E-state index contributed by atoms with van der Waals surface area (Å²) in [6.07, 6.45) is 5.72. The summed E-state index contributed by atoms with van der Waals surface area (Å²) in [6, 6.07) is 9.43. The molecule has 2 heterocycles. The molecule has 0 atom stereocenters. The van der Waals surface area contributed by atoms with Crippen molar-refractivity contribution in [2.24, 2.45) is 0 Å². The summed E-state index contributed by atoms with van der Waals surface area (Å²) in [5, 5.41) is 10.2. The molecule has 0 saturated heterocycles. The Morgan fingerprint density at radius 3 is 2.57 bits per heavy atom. The number of carboxylic acid groups (broad SMARTS) is 1. The van der Waals surface area contributed by atoms with E-state index in [2.05, 4.69) is 0 Å². The minimum absolute atomic E-state index is 0.0338. The first-order valence-corrected chi connectivity index (χ1v) is 11.4. The van der Waals surface area contributed by atoms with Crippen LogP contribution >= 0.6 is 22.9 Å². The van der Waals surface area contributed by atoms with Gasteiger partial charge in [0.15, 0.2) is 0 Å². The Hall–Kier alpha value is -2.31. The second-order valence-corrected chi connectivity index (χ2v) is 9.60. The molecular formula is C23H25ClN2O3S. The number of halogens is 1. The molecule has 1 N–H and O–H groups in total. The van der Waals surface area contributed by atoms with Gasteiger partial charge in [0.25, 0.3) is 0 Å². The van der Waals surface area contributed by atoms with Crippen LogP contribution in [0.15, 0.2) is 30.3 Å². The fourth-order valence-corrected chi connectivity index (χ4v) is 5.73. The molecule has 158 valence electrons. The highest BCUT2D eigenvalue weighted by molar-refractivity contribution is 7.21. The van der Waals surface area contributed by atoms with Crippen molar-refractivity contribution in [2.75, 3.05) is 14.1 Å². The van der Waals surface area contributed by atoms with Crippen molar-refractivity contribution < 1.29 is 14.7 Å². The molecule has 1 aromatic carbocycles. The number of likely N-dealkylation sites (N-methyl/N-ethyl adjacent to an activating group) is 1. The number of carbonyl (C=O) groups excluding carboxylic acids is 1. The van der Waals surface area contributed by atoms with Gasteiger partial charge in [0, 0.05) is 19.1 Å². The van der Waals surface area contributed by atoms with Crippen LogP contribution in [0.25, 0.3) is 21.5 Å². The number of carbonyl (C=O) groups is 2. The molecule has 7 heteroatoms. The highest BCUT2D eigenvalue weighted by atomic mass is 35.5. The molecule has 4 rings (SSSR count). The van der Waals surface area contributed by atoms with Crippen LogP contribution in [0.5, 0.6) is 0 Å². The van der Waals surface area contributed by atoms with Crippen molar-refractivity contribution in [2.45, 2.75) is 44.6 Å². The van der Waals surface area contributed by atoms with Crippen molar-refractivity contribution in [3.63, 3.8) is 0 Å². The first-order valence-electron chi connectivity index (χ1n) is 10.2. The maximum atomic E-state index is 12.7. The van der Waals surface area contributed by atoms with E-state index in [1.165, 1.54) is 36.2 Å². The van der Waals surface area contributed by atoms with Gasteiger partial charge >= 0.3 is 5.97 Å². The maximum Gasteiger partial charge on any atom is 0.345 e. The molecule has 5 nitrogen and oxygen atoms in total. The van der Waals surface area contributed by atoms with Gasteiger partial charge in [-0.05, 0) is 48.1 Å². The third-order valence-corrected chi connectivity index (χ3v) is 7.27. The minimum atomic E-state index is -0.930. The van der Waals surface area contributed by atoms with Crippen LogP contribution in [0.2, 0.25) is 5.02 Å². The second kappa shape index (κ2) is 8.44. The summed E-state index contributed by atoms with van der Waals surface area (Å²) >= 11 is 7.64. The Bertz CT molecular complexity index is 1110. The van der Waals surface area contributed by atoms with E-state index in [1.807, 2.05) is 28.8 Å². The van der Waals surface area contributed by atoms with Gasteiger partial charge in [-0.3, -0.25) is 4.79 Å². The lowest BCUT2D eigenvalue weighted by molar-refractivity contribution is -0.129. The normalized spacial score (nSPS) is 14.9. The Labute approximate surface area is 184 Å². The van der Waals surface area contributed by atoms with Gasteiger partial charge in [0.1, 0.15) is 11.4 Å². The number of aromatic nitrogens is 1. The average molecular weight is 445 g/mol. The number of rotatable bonds is 5. The molecule has 0 aliphatic heterocycles. The van der Waals surface area contributed by atoms with E-state index < -0.39 is 5.97 Å². The van der Waals surface area contributed by atoms with Crippen molar-refractivity contribution in [3.05, 3.63) is 45.8 Å². The lowest BCUT2D eigenvalue weighted by atomic mass is 9.83. The van der Waals surface area contributed by atoms with Crippen LogP contribution in [0, 0.1) is 0 Å². The van der Waals surface area contributed by atoms with Crippen LogP contribution in [0.3, 0.4) is 0 Å². The monoisotopic (exact) mass is 444 g/mol. The lowest BCUT2D eigenvalue weighted by Crippen LogP contribution is -2.26. The number of thiophene rings is 1. The second-order valence-electron chi connectivity index (χ2n) is 8.11. The Morgan fingerprint density at radius 2 is 1.93 bits per heavy atom. The van der Waals surface area contributed by atoms with Gasteiger partial charge in [-0.15, -0.1) is 11.3 Å². The number of benzene rings is 1. The first kappa shape index (κ1) is 20.9. The van der Waals surface area contributed by atoms with Gasteiger partial charge in [0.2, 0.25) is 5.91 Å². The molecule has 1 aliphatic carbocycles. The predicted molar refractivity (Wildman–Crippen MR) is 122 cm³/mol. The standard InChI is InChI=1S/C23H25ClN2O3S/c1-25(2)19(27)13-26-17-12-18(23(28)29)30-22(17)20(14-7-4-3-5-8-14)21(26)15-9-6-10-16(24)11-15/h6,9-12,14H,3-5,7-8,13H2,1-2H3,(H,28,29). The van der Waals surface area contributed by atoms with Crippen molar-refractivity contribution >= 4 is 45.0 Å². The zero-order valence-electron chi connectivity index (χ0n) is 17.2. The zero-order valence-corrected chi connectivity index (χ0v) is 18.7. The molecule has 0 spiro atoms. The Balaban J connectivity index is 2.01. The smallest absolute Gasteiger partial charge is 0.345 e. The molecule has 3 aromatic rings. The zero-order chi connectivity index (χ0) is 21.4. The average Bonchev–Trinajstić information content (AvgIpc) is 3.27. The van der Waals surface area contributed by atoms with Crippen molar-refractivity contribution in [1.29, 1.82) is 0 Å². The highest BCUT2D eigenvalue weighted by Crippen LogP contribution is 2.47. The predicted octanol–water partition coefficient (Wildman–Crippen LogP) is 5.86. The van der Waals surface area contributed by atoms with Gasteiger partial charge in [0.05, 0.1) is 15.9 Å². The van der Waals surface area contributed by atoms with Crippen molar-refractivity contribution in [1.82, 2.24) is 9.47 Å². The van der Waals surface area contributed by atoms with Crippen LogP contribution < -0.4 is 0 Å². The van der Waals surface area contributed by atoms with Crippen LogP contribution in [-0.4, -0.2) is 40.5 Å². The Kier molecular flexibility index (Phi) is 5.89. The fraction of sp³-hybridized carbons (Fsp3) is 0.391. The number of amides is 1. The molecule has 0 radical (unpaired) electrons. The molecular weight excluding hydrogens is 420 g/mol. The van der Waals surface area contributed by atoms with E-state index >= 15 is 0 Å². The third-order valence-electron chi connectivity index (χ3n) is 5.89. The summed E-state index contributed by atoms with van der Waals surface area (Å²) < 4.78 is 2.98. The number of hydrogen-bond acceptors (Lipinski definition) is 3. The minimum Gasteiger partial charge on any atom is -0.477 e. The molecule has 0 bridgehead atoms. The molecule has 1 aliphatic rings. The summed E-state index contributed by atoms with van der Waals surface area (Å²) in [7, 11) is 3.47. The van der Waals surface area contributed by atoms with Crippen LogP contribution in [0.4, 0.5) is 0 Å². The molecule has 1 fully saturated rings. The van der Waals surface area contributed by atoms with E-state index in [0.29, 0.717) is 15.8 Å². The molecule has 1 amide bonds. The van der Waals surface area contributed by atoms with Crippen LogP contribution in [0.1, 0.15) is 53.3 Å². The van der Waals surface area contributed by atoms with E-state index in [-0.39, 0.29) is 12.5 Å². The van der Waals surface area contributed by atoms with Gasteiger partial charge in [-0.2, -0.15) is 0 Å². The maximum absolute atomic E-state index is 12.7.